The highest BCUT2D eigenvalue weighted by molar-refractivity contribution is 8.02. The maximum atomic E-state index is 14.5. The van der Waals surface area contributed by atoms with Gasteiger partial charge in [-0.1, -0.05) is 44.3 Å². The predicted octanol–water partition coefficient (Wildman–Crippen LogP) is 4.49. The molecule has 0 aromatic heterocycles. The molecule has 1 N–H and O–H groups in total. The van der Waals surface area contributed by atoms with Crippen molar-refractivity contribution in [3.8, 4) is 0 Å². The van der Waals surface area contributed by atoms with Crippen molar-refractivity contribution in [1.82, 2.24) is 9.80 Å². The number of carbonyl (C=O) groups excluding carboxylic acids is 3. The Balaban J connectivity index is 1.60. The molecule has 1 saturated carbocycles. The highest BCUT2D eigenvalue weighted by Crippen LogP contribution is 2.66. The number of rotatable bonds is 15. The number of thioether (sulfide) groups is 1. The normalized spacial score (nSPS) is 30.3. The van der Waals surface area contributed by atoms with E-state index in [1.54, 1.807) is 17.8 Å². The highest BCUT2D eigenvalue weighted by Gasteiger charge is 2.74. The zero-order valence-corrected chi connectivity index (χ0v) is 23.7. The predicted molar refractivity (Wildman–Crippen MR) is 151 cm³/mol. The Morgan fingerprint density at radius 3 is 2.55 bits per heavy atom. The molecule has 1 spiro atoms. The molecule has 3 saturated heterocycles. The van der Waals surface area contributed by atoms with Crippen molar-refractivity contribution in [1.29, 1.82) is 0 Å². The van der Waals surface area contributed by atoms with Gasteiger partial charge in [0, 0.05) is 31.0 Å². The number of esters is 1. The second-order valence-electron chi connectivity index (χ2n) is 11.4. The van der Waals surface area contributed by atoms with Gasteiger partial charge in [0.2, 0.25) is 11.8 Å². The van der Waals surface area contributed by atoms with Crippen LogP contribution in [0.1, 0.15) is 83.5 Å². The Kier molecular flexibility index (Phi) is 10.4. The summed E-state index contributed by atoms with van der Waals surface area (Å²) in [6.45, 7) is 9.16. The van der Waals surface area contributed by atoms with Crippen molar-refractivity contribution in [2.24, 2.45) is 11.8 Å². The largest absolute Gasteiger partial charge is 0.465 e. The number of ether oxygens (including phenoxy) is 1. The number of allylic oxidation sites excluding steroid dienone is 1. The van der Waals surface area contributed by atoms with Gasteiger partial charge in [0.1, 0.15) is 6.04 Å². The summed E-state index contributed by atoms with van der Waals surface area (Å²) < 4.78 is 5.10. The van der Waals surface area contributed by atoms with Gasteiger partial charge in [-0.3, -0.25) is 14.4 Å². The Labute approximate surface area is 232 Å². The van der Waals surface area contributed by atoms with E-state index in [4.69, 9.17) is 9.84 Å². The quantitative estimate of drug-likeness (QED) is 0.185. The minimum atomic E-state index is -0.567. The molecule has 2 unspecified atom stereocenters. The van der Waals surface area contributed by atoms with E-state index in [-0.39, 0.29) is 35.7 Å². The second kappa shape index (κ2) is 13.5. The summed E-state index contributed by atoms with van der Waals surface area (Å²) in [6.07, 6.45) is 15.5. The fraction of sp³-hybridized carbons (Fsp3) is 0.767. The molecule has 3 aliphatic heterocycles. The van der Waals surface area contributed by atoms with Gasteiger partial charge in [0.15, 0.2) is 0 Å². The van der Waals surface area contributed by atoms with Gasteiger partial charge in [-0.25, -0.2) is 0 Å². The lowest BCUT2D eigenvalue weighted by molar-refractivity contribution is -0.154. The van der Waals surface area contributed by atoms with E-state index in [2.05, 4.69) is 13.2 Å². The molecule has 212 valence electrons. The van der Waals surface area contributed by atoms with E-state index in [1.807, 2.05) is 15.9 Å². The third kappa shape index (κ3) is 5.72. The van der Waals surface area contributed by atoms with Crippen LogP contribution in [0.4, 0.5) is 0 Å². The molecule has 4 aliphatic rings. The third-order valence-electron chi connectivity index (χ3n) is 9.03. The van der Waals surface area contributed by atoms with Crippen LogP contribution >= 0.6 is 11.8 Å². The van der Waals surface area contributed by atoms with Crippen LogP contribution in [-0.4, -0.2) is 81.1 Å². The summed E-state index contributed by atoms with van der Waals surface area (Å²) in [5.41, 5.74) is 0. The summed E-state index contributed by atoms with van der Waals surface area (Å²) in [7, 11) is 0. The molecule has 2 amide bonds. The minimum absolute atomic E-state index is 0.0281. The van der Waals surface area contributed by atoms with Crippen LogP contribution in [0.5, 0.6) is 0 Å². The molecular formula is C30H46N2O5S. The monoisotopic (exact) mass is 546 g/mol. The van der Waals surface area contributed by atoms with E-state index in [1.165, 1.54) is 6.42 Å². The Bertz CT molecular complexity index is 875. The average molecular weight is 547 g/mol. The van der Waals surface area contributed by atoms with Crippen molar-refractivity contribution >= 4 is 29.5 Å². The number of fused-ring (bicyclic) bond motifs is 1. The van der Waals surface area contributed by atoms with E-state index in [0.717, 1.165) is 77.0 Å². The molecule has 5 atom stereocenters. The molecule has 8 heteroatoms. The topological polar surface area (TPSA) is 87.1 Å². The summed E-state index contributed by atoms with van der Waals surface area (Å²) >= 11 is 1.72. The maximum Gasteiger partial charge on any atom is 0.310 e. The SMILES string of the molecule is C=CCCCOC(=O)[C@@H]1[C@H]2C(=O)N(CCCCCCO)C(C(=O)N(CC=C)C3CCCCC3)C23CC[C@H]1S3. The molecule has 0 aromatic rings. The molecule has 2 bridgehead atoms. The summed E-state index contributed by atoms with van der Waals surface area (Å²) in [5.74, 6) is -1.27. The first kappa shape index (κ1) is 29.2. The molecule has 7 nitrogen and oxygen atoms in total. The van der Waals surface area contributed by atoms with Crippen LogP contribution < -0.4 is 0 Å². The Hall–Kier alpha value is -1.80. The number of hydrogen-bond donors (Lipinski definition) is 1. The van der Waals surface area contributed by atoms with E-state index in [0.29, 0.717) is 19.7 Å². The van der Waals surface area contributed by atoms with Gasteiger partial charge in [0.05, 0.1) is 23.2 Å². The van der Waals surface area contributed by atoms with Crippen LogP contribution in [0.3, 0.4) is 0 Å². The molecule has 0 aromatic carbocycles. The fourth-order valence-corrected chi connectivity index (χ4v) is 9.49. The van der Waals surface area contributed by atoms with Crippen LogP contribution in [0.25, 0.3) is 0 Å². The molecule has 0 radical (unpaired) electrons. The van der Waals surface area contributed by atoms with Crippen molar-refractivity contribution in [3.63, 3.8) is 0 Å². The third-order valence-corrected chi connectivity index (χ3v) is 11.0. The van der Waals surface area contributed by atoms with Crippen molar-refractivity contribution in [3.05, 3.63) is 25.3 Å². The van der Waals surface area contributed by atoms with Crippen molar-refractivity contribution < 1.29 is 24.2 Å². The standard InChI is InChI=1S/C30H46N2O5S/c1-3-5-13-21-37-29(36)24-23-16-17-30(38-23)25(24)27(34)32(19-11-6-7-12-20-33)26(30)28(35)31(18-4-2)22-14-9-8-10-15-22/h3-4,22-26,33H,1-2,5-21H2/t23-,24+,25+,26?,30?/m1/s1. The first-order valence-electron chi connectivity index (χ1n) is 14.8. The molecule has 4 fully saturated rings. The second-order valence-corrected chi connectivity index (χ2v) is 13.0. The molecule has 38 heavy (non-hydrogen) atoms. The number of aliphatic hydroxyl groups is 1. The number of aliphatic hydroxyl groups excluding tert-OH is 1. The van der Waals surface area contributed by atoms with Crippen molar-refractivity contribution in [2.75, 3.05) is 26.3 Å². The fourth-order valence-electron chi connectivity index (χ4n) is 7.29. The lowest BCUT2D eigenvalue weighted by Crippen LogP contribution is -2.57. The van der Waals surface area contributed by atoms with Gasteiger partial charge in [-0.2, -0.15) is 0 Å². The first-order chi connectivity index (χ1) is 18.5. The average Bonchev–Trinajstić information content (AvgIpc) is 3.57. The number of nitrogens with zero attached hydrogens (tertiary/aromatic N) is 2. The highest BCUT2D eigenvalue weighted by atomic mass is 32.2. The van der Waals surface area contributed by atoms with E-state index in [9.17, 15) is 14.4 Å². The van der Waals surface area contributed by atoms with E-state index >= 15 is 0 Å². The number of amides is 2. The van der Waals surface area contributed by atoms with Gasteiger partial charge in [-0.15, -0.1) is 24.9 Å². The van der Waals surface area contributed by atoms with Gasteiger partial charge < -0.3 is 19.6 Å². The van der Waals surface area contributed by atoms with Crippen LogP contribution in [0.2, 0.25) is 0 Å². The Morgan fingerprint density at radius 1 is 1.08 bits per heavy atom. The lowest BCUT2D eigenvalue weighted by atomic mass is 9.71. The van der Waals surface area contributed by atoms with E-state index < -0.39 is 22.6 Å². The summed E-state index contributed by atoms with van der Waals surface area (Å²) in [5, 5.41) is 9.18. The molecule has 4 rings (SSSR count). The number of likely N-dealkylation sites (tertiary alicyclic amines) is 1. The molecule has 1 aliphatic carbocycles. The first-order valence-corrected chi connectivity index (χ1v) is 15.7. The van der Waals surface area contributed by atoms with Gasteiger partial charge in [-0.05, 0) is 51.4 Å². The molecular weight excluding hydrogens is 500 g/mol. The van der Waals surface area contributed by atoms with Crippen LogP contribution in [-0.2, 0) is 19.1 Å². The zero-order valence-electron chi connectivity index (χ0n) is 22.9. The summed E-state index contributed by atoms with van der Waals surface area (Å²) in [4.78, 5) is 45.7. The maximum absolute atomic E-state index is 14.5. The van der Waals surface area contributed by atoms with Crippen LogP contribution in [0.15, 0.2) is 25.3 Å². The van der Waals surface area contributed by atoms with Crippen LogP contribution in [0, 0.1) is 11.8 Å². The number of unbranched alkanes of at least 4 members (excludes halogenated alkanes) is 4. The zero-order chi connectivity index (χ0) is 27.1. The molecule has 3 heterocycles. The van der Waals surface area contributed by atoms with Gasteiger partial charge >= 0.3 is 5.97 Å². The van der Waals surface area contributed by atoms with Crippen molar-refractivity contribution in [2.45, 2.75) is 106 Å². The number of carbonyl (C=O) groups is 3. The smallest absolute Gasteiger partial charge is 0.310 e. The lowest BCUT2D eigenvalue weighted by Gasteiger charge is -2.41. The van der Waals surface area contributed by atoms with Gasteiger partial charge in [0.25, 0.3) is 0 Å². The Morgan fingerprint density at radius 2 is 1.84 bits per heavy atom. The minimum Gasteiger partial charge on any atom is -0.465 e. The summed E-state index contributed by atoms with van der Waals surface area (Å²) in [6, 6.07) is -0.367. The number of hydrogen-bond acceptors (Lipinski definition) is 6.